The van der Waals surface area contributed by atoms with E-state index in [1.807, 2.05) is 24.3 Å². The van der Waals surface area contributed by atoms with Crippen LogP contribution in [0.25, 0.3) is 22.2 Å². The van der Waals surface area contributed by atoms with E-state index in [0.717, 1.165) is 41.5 Å². The molecule has 1 aliphatic heterocycles. The Labute approximate surface area is 145 Å². The van der Waals surface area contributed by atoms with Gasteiger partial charge in [0.05, 0.1) is 24.4 Å². The number of morpholine rings is 1. The Morgan fingerprint density at radius 3 is 2.68 bits per heavy atom. The van der Waals surface area contributed by atoms with Crippen molar-refractivity contribution >= 4 is 22.9 Å². The topological polar surface area (TPSA) is 62.7 Å². The number of rotatable bonds is 3. The number of hydrogen-bond donors (Lipinski definition) is 1. The molecule has 2 heterocycles. The molecule has 126 valence electrons. The Morgan fingerprint density at radius 2 is 1.92 bits per heavy atom. The molecule has 5 heteroatoms. The van der Waals surface area contributed by atoms with Crippen LogP contribution in [0.1, 0.15) is 10.4 Å². The second kappa shape index (κ2) is 6.53. The van der Waals surface area contributed by atoms with Crippen LogP contribution in [0.2, 0.25) is 0 Å². The molecular weight excluding hydrogens is 316 g/mol. The minimum Gasteiger partial charge on any atom is -0.508 e. The molecule has 2 aromatic carbocycles. The normalized spacial score (nSPS) is 14.6. The van der Waals surface area contributed by atoms with Crippen molar-refractivity contribution in [3.05, 3.63) is 54.1 Å². The monoisotopic (exact) mass is 334 g/mol. The first kappa shape index (κ1) is 15.6. The van der Waals surface area contributed by atoms with Gasteiger partial charge in [0.1, 0.15) is 5.75 Å². The Kier molecular flexibility index (Phi) is 4.07. The minimum absolute atomic E-state index is 0.176. The zero-order valence-electron chi connectivity index (χ0n) is 13.7. The van der Waals surface area contributed by atoms with Crippen molar-refractivity contribution in [3.63, 3.8) is 0 Å². The molecule has 1 aromatic heterocycles. The average molecular weight is 334 g/mol. The van der Waals surface area contributed by atoms with Gasteiger partial charge >= 0.3 is 0 Å². The van der Waals surface area contributed by atoms with Crippen molar-refractivity contribution in [2.24, 2.45) is 0 Å². The minimum atomic E-state index is 0.176. The van der Waals surface area contributed by atoms with Crippen LogP contribution in [0, 0.1) is 0 Å². The molecule has 0 radical (unpaired) electrons. The van der Waals surface area contributed by atoms with Gasteiger partial charge in [-0.05, 0) is 36.4 Å². The van der Waals surface area contributed by atoms with E-state index in [4.69, 9.17) is 4.74 Å². The van der Waals surface area contributed by atoms with Gasteiger partial charge in [-0.25, -0.2) is 4.98 Å². The van der Waals surface area contributed by atoms with Gasteiger partial charge in [-0.3, -0.25) is 4.79 Å². The number of hydrogen-bond acceptors (Lipinski definition) is 5. The zero-order valence-corrected chi connectivity index (χ0v) is 13.7. The molecule has 0 spiro atoms. The van der Waals surface area contributed by atoms with Crippen LogP contribution < -0.4 is 4.90 Å². The smallest absolute Gasteiger partial charge is 0.150 e. The van der Waals surface area contributed by atoms with Gasteiger partial charge in [0, 0.05) is 35.3 Å². The van der Waals surface area contributed by atoms with E-state index < -0.39 is 0 Å². The second-order valence-corrected chi connectivity index (χ2v) is 6.07. The number of fused-ring (bicyclic) bond motifs is 1. The zero-order chi connectivity index (χ0) is 17.2. The summed E-state index contributed by atoms with van der Waals surface area (Å²) in [6.07, 6.45) is 0.861. The summed E-state index contributed by atoms with van der Waals surface area (Å²) in [4.78, 5) is 18.6. The van der Waals surface area contributed by atoms with Gasteiger partial charge in [-0.15, -0.1) is 0 Å². The van der Waals surface area contributed by atoms with Crippen molar-refractivity contribution < 1.29 is 14.6 Å². The number of anilines is 1. The van der Waals surface area contributed by atoms with Crippen molar-refractivity contribution in [2.45, 2.75) is 0 Å². The first-order valence-corrected chi connectivity index (χ1v) is 8.27. The lowest BCUT2D eigenvalue weighted by Gasteiger charge is -2.29. The first-order chi connectivity index (χ1) is 12.2. The predicted molar refractivity (Wildman–Crippen MR) is 97.3 cm³/mol. The summed E-state index contributed by atoms with van der Waals surface area (Å²) in [7, 11) is 0. The van der Waals surface area contributed by atoms with Crippen LogP contribution in [0.4, 0.5) is 5.69 Å². The number of aromatic hydroxyl groups is 1. The molecule has 25 heavy (non-hydrogen) atoms. The number of carbonyl (C=O) groups is 1. The maximum Gasteiger partial charge on any atom is 0.150 e. The number of aromatic nitrogens is 1. The van der Waals surface area contributed by atoms with Crippen molar-refractivity contribution in [1.82, 2.24) is 4.98 Å². The largest absolute Gasteiger partial charge is 0.508 e. The number of pyridine rings is 1. The lowest BCUT2D eigenvalue weighted by molar-refractivity contribution is 0.112. The Balaban J connectivity index is 1.81. The molecule has 0 saturated carbocycles. The highest BCUT2D eigenvalue weighted by Gasteiger charge is 2.14. The van der Waals surface area contributed by atoms with Crippen molar-refractivity contribution in [3.8, 4) is 17.0 Å². The molecule has 0 bridgehead atoms. The summed E-state index contributed by atoms with van der Waals surface area (Å²) in [6.45, 7) is 3.12. The van der Waals surface area contributed by atoms with E-state index in [9.17, 15) is 9.90 Å². The molecule has 3 aromatic rings. The van der Waals surface area contributed by atoms with E-state index in [1.165, 1.54) is 0 Å². The molecule has 0 atom stereocenters. The summed E-state index contributed by atoms with van der Waals surface area (Å²) in [5.74, 6) is 0.176. The molecule has 4 rings (SSSR count). The summed E-state index contributed by atoms with van der Waals surface area (Å²) in [6, 6.07) is 14.6. The predicted octanol–water partition coefficient (Wildman–Crippen LogP) is 3.26. The molecular formula is C20H18N2O3. The highest BCUT2D eigenvalue weighted by Crippen LogP contribution is 2.29. The van der Waals surface area contributed by atoms with Gasteiger partial charge in [-0.2, -0.15) is 0 Å². The highest BCUT2D eigenvalue weighted by molar-refractivity contribution is 5.99. The summed E-state index contributed by atoms with van der Waals surface area (Å²) in [5.41, 5.74) is 3.89. The van der Waals surface area contributed by atoms with Crippen LogP contribution in [0.5, 0.6) is 5.75 Å². The summed E-state index contributed by atoms with van der Waals surface area (Å²) < 4.78 is 5.40. The van der Waals surface area contributed by atoms with Crippen molar-refractivity contribution in [1.29, 1.82) is 0 Å². The third-order valence-corrected chi connectivity index (χ3v) is 4.47. The SMILES string of the molecule is O=Cc1cc(-c2cccc(O)c2)nc2ccc(N3CCOCC3)cc12. The lowest BCUT2D eigenvalue weighted by Crippen LogP contribution is -2.36. The Bertz CT molecular complexity index is 933. The van der Waals surface area contributed by atoms with E-state index in [2.05, 4.69) is 9.88 Å². The van der Waals surface area contributed by atoms with Gasteiger partial charge in [0.2, 0.25) is 0 Å². The van der Waals surface area contributed by atoms with Crippen LogP contribution in [0.15, 0.2) is 48.5 Å². The maximum absolute atomic E-state index is 11.6. The summed E-state index contributed by atoms with van der Waals surface area (Å²) >= 11 is 0. The number of phenols is 1. The van der Waals surface area contributed by atoms with Gasteiger partial charge < -0.3 is 14.7 Å². The number of carbonyl (C=O) groups excluding carboxylic acids is 1. The third kappa shape index (κ3) is 3.06. The van der Waals surface area contributed by atoms with Gasteiger partial charge in [-0.1, -0.05) is 12.1 Å². The second-order valence-electron chi connectivity index (χ2n) is 6.07. The van der Waals surface area contributed by atoms with Crippen LogP contribution >= 0.6 is 0 Å². The molecule has 1 fully saturated rings. The number of ether oxygens (including phenoxy) is 1. The lowest BCUT2D eigenvalue weighted by atomic mass is 10.0. The van der Waals surface area contributed by atoms with E-state index in [1.54, 1.807) is 24.3 Å². The first-order valence-electron chi connectivity index (χ1n) is 8.27. The van der Waals surface area contributed by atoms with Crippen molar-refractivity contribution in [2.75, 3.05) is 31.2 Å². The number of aldehydes is 1. The molecule has 5 nitrogen and oxygen atoms in total. The van der Waals surface area contributed by atoms with E-state index >= 15 is 0 Å². The Hall–Kier alpha value is -2.92. The molecule has 1 N–H and O–H groups in total. The standard InChI is InChI=1S/C20H18N2O3/c23-13-15-11-20(14-2-1-3-17(24)10-14)21-19-5-4-16(12-18(15)19)22-6-8-25-9-7-22/h1-5,10-13,24H,6-9H2. The molecule has 0 unspecified atom stereocenters. The quantitative estimate of drug-likeness (QED) is 0.745. The number of nitrogens with zero attached hydrogens (tertiary/aromatic N) is 2. The number of phenolic OH excluding ortho intramolecular Hbond substituents is 1. The molecule has 0 aliphatic carbocycles. The fourth-order valence-corrected chi connectivity index (χ4v) is 3.17. The van der Waals surface area contributed by atoms with E-state index in [-0.39, 0.29) is 5.75 Å². The maximum atomic E-state index is 11.6. The average Bonchev–Trinajstić information content (AvgIpc) is 2.67. The molecule has 0 amide bonds. The Morgan fingerprint density at radius 1 is 1.08 bits per heavy atom. The fraction of sp³-hybridized carbons (Fsp3) is 0.200. The summed E-state index contributed by atoms with van der Waals surface area (Å²) in [5, 5.41) is 10.5. The van der Waals surface area contributed by atoms with Crippen LogP contribution in [-0.2, 0) is 4.74 Å². The molecule has 1 saturated heterocycles. The van der Waals surface area contributed by atoms with Gasteiger partial charge in [0.15, 0.2) is 6.29 Å². The van der Waals surface area contributed by atoms with Crippen LogP contribution in [-0.4, -0.2) is 42.7 Å². The van der Waals surface area contributed by atoms with Crippen LogP contribution in [0.3, 0.4) is 0 Å². The van der Waals surface area contributed by atoms with E-state index in [0.29, 0.717) is 24.5 Å². The molecule has 1 aliphatic rings. The number of benzene rings is 2. The third-order valence-electron chi connectivity index (χ3n) is 4.47. The van der Waals surface area contributed by atoms with Gasteiger partial charge in [0.25, 0.3) is 0 Å². The fourth-order valence-electron chi connectivity index (χ4n) is 3.17. The highest BCUT2D eigenvalue weighted by atomic mass is 16.5.